The molecule has 1 aliphatic rings. The number of hydrogen-bond donors (Lipinski definition) is 2. The van der Waals surface area contributed by atoms with Crippen LogP contribution in [-0.2, 0) is 6.54 Å². The van der Waals surface area contributed by atoms with E-state index < -0.39 is 0 Å². The summed E-state index contributed by atoms with van der Waals surface area (Å²) in [6.07, 6.45) is 3.99. The summed E-state index contributed by atoms with van der Waals surface area (Å²) in [5.74, 6) is 2.71. The minimum atomic E-state index is 0.643. The second-order valence-corrected chi connectivity index (χ2v) is 6.08. The number of fused-ring (bicyclic) bond motifs is 1. The molecule has 3 heteroatoms. The van der Waals surface area contributed by atoms with Crippen molar-refractivity contribution >= 4 is 11.0 Å². The predicted octanol–water partition coefficient (Wildman–Crippen LogP) is 3.48. The van der Waals surface area contributed by atoms with Gasteiger partial charge in [-0.2, -0.15) is 0 Å². The van der Waals surface area contributed by atoms with Crippen LogP contribution in [0.4, 0.5) is 0 Å². The third-order valence-electron chi connectivity index (χ3n) is 4.40. The van der Waals surface area contributed by atoms with Crippen LogP contribution in [0.2, 0.25) is 0 Å². The fourth-order valence-corrected chi connectivity index (χ4v) is 3.29. The van der Waals surface area contributed by atoms with Crippen LogP contribution in [0.3, 0.4) is 0 Å². The third kappa shape index (κ3) is 2.81. The highest BCUT2D eigenvalue weighted by Crippen LogP contribution is 2.28. The normalized spacial score (nSPS) is 27.8. The lowest BCUT2D eigenvalue weighted by atomic mass is 9.80. The first-order chi connectivity index (χ1) is 9.22. The molecule has 3 atom stereocenters. The van der Waals surface area contributed by atoms with Crippen molar-refractivity contribution in [1.82, 2.24) is 15.3 Å². The second-order valence-electron chi connectivity index (χ2n) is 6.08. The van der Waals surface area contributed by atoms with Crippen LogP contribution in [0.15, 0.2) is 24.3 Å². The standard InChI is InChI=1S/C16H23N3/c1-11-7-8-13(12(2)9-11)17-10-16-18-14-5-3-4-6-15(14)19-16/h3-6,11-13,17H,7-10H2,1-2H3,(H,18,19). The van der Waals surface area contributed by atoms with Crippen molar-refractivity contribution in [1.29, 1.82) is 0 Å². The number of aromatic amines is 1. The van der Waals surface area contributed by atoms with Crippen molar-refractivity contribution in [3.05, 3.63) is 30.1 Å². The van der Waals surface area contributed by atoms with E-state index in [1.165, 1.54) is 19.3 Å². The molecule has 1 aromatic heterocycles. The van der Waals surface area contributed by atoms with E-state index in [4.69, 9.17) is 0 Å². The molecule has 2 N–H and O–H groups in total. The van der Waals surface area contributed by atoms with Gasteiger partial charge in [0.2, 0.25) is 0 Å². The Balaban J connectivity index is 1.62. The van der Waals surface area contributed by atoms with Crippen LogP contribution >= 0.6 is 0 Å². The molecule has 1 aliphatic carbocycles. The summed E-state index contributed by atoms with van der Waals surface area (Å²) < 4.78 is 0. The molecule has 19 heavy (non-hydrogen) atoms. The number of aromatic nitrogens is 2. The van der Waals surface area contributed by atoms with Crippen LogP contribution < -0.4 is 5.32 Å². The van der Waals surface area contributed by atoms with Crippen LogP contribution in [-0.4, -0.2) is 16.0 Å². The summed E-state index contributed by atoms with van der Waals surface area (Å²) in [5, 5.41) is 3.68. The van der Waals surface area contributed by atoms with Gasteiger partial charge in [0.15, 0.2) is 0 Å². The first kappa shape index (κ1) is 12.7. The second kappa shape index (κ2) is 5.33. The van der Waals surface area contributed by atoms with Gasteiger partial charge in [-0.25, -0.2) is 4.98 Å². The van der Waals surface area contributed by atoms with Gasteiger partial charge in [0.05, 0.1) is 17.6 Å². The largest absolute Gasteiger partial charge is 0.341 e. The minimum absolute atomic E-state index is 0.643. The van der Waals surface area contributed by atoms with E-state index in [1.54, 1.807) is 0 Å². The van der Waals surface area contributed by atoms with Crippen molar-refractivity contribution in [2.45, 2.75) is 45.7 Å². The molecule has 102 valence electrons. The average molecular weight is 257 g/mol. The van der Waals surface area contributed by atoms with E-state index in [1.807, 2.05) is 12.1 Å². The summed E-state index contributed by atoms with van der Waals surface area (Å²) in [6.45, 7) is 5.58. The summed E-state index contributed by atoms with van der Waals surface area (Å²) in [6, 6.07) is 8.86. The number of rotatable bonds is 3. The van der Waals surface area contributed by atoms with Crippen LogP contribution in [0.25, 0.3) is 11.0 Å². The van der Waals surface area contributed by atoms with E-state index in [9.17, 15) is 0 Å². The maximum absolute atomic E-state index is 4.62. The highest BCUT2D eigenvalue weighted by molar-refractivity contribution is 5.74. The summed E-state index contributed by atoms with van der Waals surface area (Å²) >= 11 is 0. The van der Waals surface area contributed by atoms with Crippen molar-refractivity contribution in [3.63, 3.8) is 0 Å². The molecule has 2 aromatic rings. The highest BCUT2D eigenvalue weighted by Gasteiger charge is 2.24. The Labute approximate surface area is 114 Å². The van der Waals surface area contributed by atoms with E-state index in [2.05, 4.69) is 41.3 Å². The fraction of sp³-hybridized carbons (Fsp3) is 0.562. The smallest absolute Gasteiger partial charge is 0.121 e. The summed E-state index contributed by atoms with van der Waals surface area (Å²) in [7, 11) is 0. The van der Waals surface area contributed by atoms with E-state index in [0.29, 0.717) is 6.04 Å². The number of nitrogens with one attached hydrogen (secondary N) is 2. The highest BCUT2D eigenvalue weighted by atomic mass is 15.0. The lowest BCUT2D eigenvalue weighted by Crippen LogP contribution is -2.38. The van der Waals surface area contributed by atoms with Gasteiger partial charge in [0.1, 0.15) is 5.82 Å². The molecular weight excluding hydrogens is 234 g/mol. The van der Waals surface area contributed by atoms with Gasteiger partial charge >= 0.3 is 0 Å². The Bertz CT molecular complexity index is 513. The average Bonchev–Trinajstić information content (AvgIpc) is 2.80. The number of nitrogens with zero attached hydrogens (tertiary/aromatic N) is 1. The lowest BCUT2D eigenvalue weighted by molar-refractivity contribution is 0.226. The van der Waals surface area contributed by atoms with Gasteiger partial charge in [-0.05, 0) is 43.2 Å². The molecule has 3 unspecified atom stereocenters. The molecule has 0 bridgehead atoms. The number of hydrogen-bond acceptors (Lipinski definition) is 2. The third-order valence-corrected chi connectivity index (χ3v) is 4.40. The molecule has 0 saturated heterocycles. The molecular formula is C16H23N3. The molecule has 1 fully saturated rings. The number of imidazole rings is 1. The zero-order valence-corrected chi connectivity index (χ0v) is 11.8. The predicted molar refractivity (Wildman–Crippen MR) is 78.9 cm³/mol. The summed E-state index contributed by atoms with van der Waals surface area (Å²) in [4.78, 5) is 8.00. The summed E-state index contributed by atoms with van der Waals surface area (Å²) in [5.41, 5.74) is 2.19. The minimum Gasteiger partial charge on any atom is -0.341 e. The van der Waals surface area contributed by atoms with Crippen molar-refractivity contribution in [2.75, 3.05) is 0 Å². The monoisotopic (exact) mass is 257 g/mol. The van der Waals surface area contributed by atoms with Crippen molar-refractivity contribution in [2.24, 2.45) is 11.8 Å². The van der Waals surface area contributed by atoms with Gasteiger partial charge in [-0.1, -0.05) is 26.0 Å². The zero-order chi connectivity index (χ0) is 13.2. The van der Waals surface area contributed by atoms with Gasteiger partial charge < -0.3 is 10.3 Å². The molecule has 3 rings (SSSR count). The quantitative estimate of drug-likeness (QED) is 0.884. The number of para-hydroxylation sites is 2. The van der Waals surface area contributed by atoms with Crippen molar-refractivity contribution in [3.8, 4) is 0 Å². The first-order valence-corrected chi connectivity index (χ1v) is 7.39. The topological polar surface area (TPSA) is 40.7 Å². The van der Waals surface area contributed by atoms with Gasteiger partial charge in [-0.3, -0.25) is 0 Å². The van der Waals surface area contributed by atoms with Crippen LogP contribution in [0.1, 0.15) is 38.9 Å². The maximum atomic E-state index is 4.62. The molecule has 0 spiro atoms. The molecule has 1 saturated carbocycles. The maximum Gasteiger partial charge on any atom is 0.121 e. The molecule has 0 radical (unpaired) electrons. The van der Waals surface area contributed by atoms with E-state index >= 15 is 0 Å². The van der Waals surface area contributed by atoms with E-state index in [0.717, 1.165) is 35.2 Å². The Kier molecular flexibility index (Phi) is 3.56. The first-order valence-electron chi connectivity index (χ1n) is 7.39. The fourth-order valence-electron chi connectivity index (χ4n) is 3.29. The molecule has 3 nitrogen and oxygen atoms in total. The van der Waals surface area contributed by atoms with Gasteiger partial charge in [0, 0.05) is 6.04 Å². The number of H-pyrrole nitrogens is 1. The SMILES string of the molecule is CC1CCC(NCc2nc3ccccc3[nH]2)C(C)C1. The van der Waals surface area contributed by atoms with Gasteiger partial charge in [0.25, 0.3) is 0 Å². The van der Waals surface area contributed by atoms with Gasteiger partial charge in [-0.15, -0.1) is 0 Å². The number of benzene rings is 1. The van der Waals surface area contributed by atoms with Crippen molar-refractivity contribution < 1.29 is 0 Å². The Morgan fingerprint density at radius 3 is 2.89 bits per heavy atom. The molecule has 0 amide bonds. The van der Waals surface area contributed by atoms with Crippen LogP contribution in [0, 0.1) is 11.8 Å². The lowest BCUT2D eigenvalue weighted by Gasteiger charge is -2.33. The Morgan fingerprint density at radius 1 is 1.26 bits per heavy atom. The van der Waals surface area contributed by atoms with Crippen LogP contribution in [0.5, 0.6) is 0 Å². The Morgan fingerprint density at radius 2 is 2.11 bits per heavy atom. The molecule has 1 aromatic carbocycles. The zero-order valence-electron chi connectivity index (χ0n) is 11.8. The molecule has 1 heterocycles. The Hall–Kier alpha value is -1.35. The molecule has 0 aliphatic heterocycles. The van der Waals surface area contributed by atoms with E-state index in [-0.39, 0.29) is 0 Å².